The van der Waals surface area contributed by atoms with Crippen LogP contribution in [0.25, 0.3) is 0 Å². The minimum Gasteiger partial charge on any atom is -0.464 e. The van der Waals surface area contributed by atoms with E-state index in [0.717, 1.165) is 6.42 Å². The van der Waals surface area contributed by atoms with Gasteiger partial charge in [-0.15, -0.1) is 11.6 Å². The van der Waals surface area contributed by atoms with Crippen LogP contribution in [0, 0.1) is 6.92 Å². The molecular formula is C12H19ClN2O3S. The molecule has 1 unspecified atom stereocenters. The quantitative estimate of drug-likeness (QED) is 0.794. The molecule has 1 saturated heterocycles. The number of nitrogens with zero attached hydrogens (tertiary/aromatic N) is 2. The number of alkyl halides is 1. The highest BCUT2D eigenvalue weighted by Crippen LogP contribution is 2.27. The van der Waals surface area contributed by atoms with Gasteiger partial charge in [-0.1, -0.05) is 0 Å². The maximum atomic E-state index is 12.6. The molecule has 5 nitrogen and oxygen atoms in total. The molecule has 1 atom stereocenters. The third kappa shape index (κ3) is 2.81. The van der Waals surface area contributed by atoms with Gasteiger partial charge < -0.3 is 9.32 Å². The Bertz CT molecular complexity index is 553. The summed E-state index contributed by atoms with van der Waals surface area (Å²) in [6.45, 7) is 2.73. The van der Waals surface area contributed by atoms with Crippen molar-refractivity contribution in [3.63, 3.8) is 0 Å². The monoisotopic (exact) mass is 306 g/mol. The van der Waals surface area contributed by atoms with Crippen LogP contribution in [0.4, 0.5) is 0 Å². The molecular weight excluding hydrogens is 288 g/mol. The molecule has 0 radical (unpaired) electrons. The first-order chi connectivity index (χ1) is 8.86. The summed E-state index contributed by atoms with van der Waals surface area (Å²) in [6, 6.07) is 1.80. The smallest absolute Gasteiger partial charge is 0.246 e. The molecule has 1 aliphatic heterocycles. The van der Waals surface area contributed by atoms with Crippen molar-refractivity contribution in [1.82, 2.24) is 9.21 Å². The fourth-order valence-corrected chi connectivity index (χ4v) is 4.15. The minimum absolute atomic E-state index is 0.177. The number of furan rings is 1. The largest absolute Gasteiger partial charge is 0.464 e. The van der Waals surface area contributed by atoms with Gasteiger partial charge in [0.25, 0.3) is 0 Å². The number of hydrogen-bond donors (Lipinski definition) is 0. The maximum Gasteiger partial charge on any atom is 0.246 e. The van der Waals surface area contributed by atoms with Crippen molar-refractivity contribution >= 4 is 21.6 Å². The fraction of sp³-hybridized carbons (Fsp3) is 0.667. The average molecular weight is 307 g/mol. The van der Waals surface area contributed by atoms with Gasteiger partial charge in [-0.2, -0.15) is 4.31 Å². The molecule has 0 aromatic carbocycles. The average Bonchev–Trinajstić information content (AvgIpc) is 2.95. The van der Waals surface area contributed by atoms with Gasteiger partial charge in [0.1, 0.15) is 16.4 Å². The lowest BCUT2D eigenvalue weighted by Crippen LogP contribution is -2.34. The molecule has 0 N–H and O–H groups in total. The first-order valence-corrected chi connectivity index (χ1v) is 8.15. The molecule has 2 rings (SSSR count). The van der Waals surface area contributed by atoms with Gasteiger partial charge in [0.2, 0.25) is 10.0 Å². The van der Waals surface area contributed by atoms with Crippen LogP contribution in [0.15, 0.2) is 15.4 Å². The second kappa shape index (κ2) is 5.44. The maximum absolute atomic E-state index is 12.6. The lowest BCUT2D eigenvalue weighted by molar-refractivity contribution is 0.302. The van der Waals surface area contributed by atoms with Gasteiger partial charge in [-0.3, -0.25) is 0 Å². The van der Waals surface area contributed by atoms with E-state index in [1.807, 2.05) is 14.1 Å². The lowest BCUT2D eigenvalue weighted by atomic mass is 10.2. The first-order valence-electron chi connectivity index (χ1n) is 6.18. The van der Waals surface area contributed by atoms with Crippen molar-refractivity contribution in [2.24, 2.45) is 0 Å². The van der Waals surface area contributed by atoms with E-state index < -0.39 is 10.0 Å². The van der Waals surface area contributed by atoms with Crippen LogP contribution in [-0.4, -0.2) is 50.8 Å². The van der Waals surface area contributed by atoms with Crippen LogP contribution in [-0.2, 0) is 15.9 Å². The predicted molar refractivity (Wildman–Crippen MR) is 73.9 cm³/mol. The van der Waals surface area contributed by atoms with Crippen molar-refractivity contribution in [2.45, 2.75) is 30.2 Å². The van der Waals surface area contributed by atoms with Crippen molar-refractivity contribution in [2.75, 3.05) is 27.2 Å². The molecule has 0 amide bonds. The molecule has 1 aromatic heterocycles. The van der Waals surface area contributed by atoms with Gasteiger partial charge in [0.15, 0.2) is 0 Å². The van der Waals surface area contributed by atoms with Crippen molar-refractivity contribution in [3.8, 4) is 0 Å². The molecule has 0 bridgehead atoms. The van der Waals surface area contributed by atoms with Gasteiger partial charge >= 0.3 is 0 Å². The SMILES string of the molecule is Cc1oc(CCl)cc1S(=O)(=O)N1CCC(N(C)C)C1. The van der Waals surface area contributed by atoms with E-state index in [1.165, 1.54) is 10.4 Å². The van der Waals surface area contributed by atoms with Crippen LogP contribution in [0.3, 0.4) is 0 Å². The van der Waals surface area contributed by atoms with Gasteiger partial charge in [-0.25, -0.2) is 8.42 Å². The Hall–Kier alpha value is -0.560. The Morgan fingerprint density at radius 2 is 2.21 bits per heavy atom. The van der Waals surface area contributed by atoms with E-state index in [2.05, 4.69) is 4.90 Å². The normalized spacial score (nSPS) is 21.4. The number of rotatable bonds is 4. The van der Waals surface area contributed by atoms with Crippen LogP contribution in [0.2, 0.25) is 0 Å². The minimum atomic E-state index is -3.47. The van der Waals surface area contributed by atoms with Gasteiger partial charge in [0, 0.05) is 25.2 Å². The van der Waals surface area contributed by atoms with Gasteiger partial charge in [0.05, 0.1) is 5.88 Å². The molecule has 108 valence electrons. The highest BCUT2D eigenvalue weighted by molar-refractivity contribution is 7.89. The Morgan fingerprint density at radius 3 is 2.68 bits per heavy atom. The standard InChI is InChI=1S/C12H19ClN2O3S/c1-9-12(6-11(7-13)18-9)19(16,17)15-5-4-10(8-15)14(2)3/h6,10H,4-5,7-8H2,1-3H3. The Morgan fingerprint density at radius 1 is 1.53 bits per heavy atom. The summed E-state index contributed by atoms with van der Waals surface area (Å²) in [4.78, 5) is 2.30. The topological polar surface area (TPSA) is 53.8 Å². The molecule has 0 spiro atoms. The van der Waals surface area contributed by atoms with Crippen LogP contribution < -0.4 is 0 Å². The summed E-state index contributed by atoms with van der Waals surface area (Å²) < 4.78 is 32.0. The first kappa shape index (κ1) is 14.8. The molecule has 0 saturated carbocycles. The summed E-state index contributed by atoms with van der Waals surface area (Å²) in [7, 11) is 0.465. The molecule has 2 heterocycles. The van der Waals surface area contributed by atoms with Crippen molar-refractivity contribution < 1.29 is 12.8 Å². The van der Waals surface area contributed by atoms with Crippen LogP contribution in [0.5, 0.6) is 0 Å². The summed E-state index contributed by atoms with van der Waals surface area (Å²) >= 11 is 5.68. The number of likely N-dealkylation sites (N-methyl/N-ethyl adjacent to an activating group) is 1. The number of halogens is 1. The molecule has 1 aliphatic rings. The molecule has 0 aliphatic carbocycles. The zero-order valence-electron chi connectivity index (χ0n) is 11.4. The summed E-state index contributed by atoms with van der Waals surface area (Å²) in [5, 5.41) is 0. The highest BCUT2D eigenvalue weighted by Gasteiger charge is 2.35. The molecule has 1 fully saturated rings. The highest BCUT2D eigenvalue weighted by atomic mass is 35.5. The fourth-order valence-electron chi connectivity index (χ4n) is 2.34. The number of aryl methyl sites for hydroxylation is 1. The third-order valence-corrected chi connectivity index (χ3v) is 5.77. The molecule has 1 aromatic rings. The zero-order chi connectivity index (χ0) is 14.2. The van der Waals surface area contributed by atoms with E-state index in [9.17, 15) is 8.42 Å². The van der Waals surface area contributed by atoms with Crippen LogP contribution in [0.1, 0.15) is 17.9 Å². The van der Waals surface area contributed by atoms with E-state index in [0.29, 0.717) is 24.6 Å². The van der Waals surface area contributed by atoms with E-state index >= 15 is 0 Å². The lowest BCUT2D eigenvalue weighted by Gasteiger charge is -2.20. The summed E-state index contributed by atoms with van der Waals surface area (Å²) in [5.74, 6) is 1.07. The number of hydrogen-bond acceptors (Lipinski definition) is 4. The second-order valence-electron chi connectivity index (χ2n) is 5.04. The van der Waals surface area contributed by atoms with Gasteiger partial charge in [-0.05, 0) is 27.4 Å². The Labute approximate surface area is 119 Å². The molecule has 19 heavy (non-hydrogen) atoms. The van der Waals surface area contributed by atoms with E-state index in [1.54, 1.807) is 6.92 Å². The zero-order valence-corrected chi connectivity index (χ0v) is 13.0. The second-order valence-corrected chi connectivity index (χ2v) is 7.21. The predicted octanol–water partition coefficient (Wildman–Crippen LogP) is 1.65. The van der Waals surface area contributed by atoms with Crippen molar-refractivity contribution in [1.29, 1.82) is 0 Å². The molecule has 7 heteroatoms. The summed E-state index contributed by atoms with van der Waals surface area (Å²) in [6.07, 6.45) is 0.853. The summed E-state index contributed by atoms with van der Waals surface area (Å²) in [5.41, 5.74) is 0. The Kier molecular flexibility index (Phi) is 4.25. The third-order valence-electron chi connectivity index (χ3n) is 3.53. The van der Waals surface area contributed by atoms with E-state index in [4.69, 9.17) is 16.0 Å². The number of sulfonamides is 1. The van der Waals surface area contributed by atoms with Crippen molar-refractivity contribution in [3.05, 3.63) is 17.6 Å². The van der Waals surface area contributed by atoms with Crippen LogP contribution >= 0.6 is 11.6 Å². The van der Waals surface area contributed by atoms with E-state index in [-0.39, 0.29) is 16.8 Å². The Balaban J connectivity index is 2.26.